The zero-order valence-corrected chi connectivity index (χ0v) is 29.6. The average molecular weight is 696 g/mol. The number of nitrogens with one attached hydrogen (secondary N) is 2. The molecule has 254 valence electrons. The molecule has 0 unspecified atom stereocenters. The molecule has 2 N–H and O–H groups in total. The quantitative estimate of drug-likeness (QED) is 0.103. The molecule has 11 heteroatoms. The molecular formula is C38H41N5O4S2. The van der Waals surface area contributed by atoms with Crippen LogP contribution in [0, 0.1) is 13.8 Å². The smallest absolute Gasteiger partial charge is 0.264 e. The van der Waals surface area contributed by atoms with Crippen LogP contribution in [-0.2, 0) is 21.4 Å². The predicted octanol–water partition coefficient (Wildman–Crippen LogP) is 7.58. The first-order valence-electron chi connectivity index (χ1n) is 16.6. The van der Waals surface area contributed by atoms with Crippen molar-refractivity contribution in [1.29, 1.82) is 0 Å². The molecule has 0 radical (unpaired) electrons. The van der Waals surface area contributed by atoms with Gasteiger partial charge in [-0.1, -0.05) is 49.6 Å². The molecule has 1 fully saturated rings. The van der Waals surface area contributed by atoms with Crippen LogP contribution in [0.5, 0.6) is 0 Å². The molecule has 1 aliphatic carbocycles. The Balaban J connectivity index is 1.52. The molecule has 0 spiro atoms. The van der Waals surface area contributed by atoms with Gasteiger partial charge in [-0.05, 0) is 80.5 Å². The molecule has 0 bridgehead atoms. The second-order valence-electron chi connectivity index (χ2n) is 12.6. The average Bonchev–Trinajstić information content (AvgIpc) is 3.59. The Morgan fingerprint density at radius 1 is 1.00 bits per heavy atom. The fraction of sp³-hybridized carbons (Fsp3) is 0.316. The highest BCUT2D eigenvalue weighted by Gasteiger charge is 2.28. The van der Waals surface area contributed by atoms with Gasteiger partial charge in [0.15, 0.2) is 0 Å². The highest BCUT2D eigenvalue weighted by Crippen LogP contribution is 2.45. The van der Waals surface area contributed by atoms with Gasteiger partial charge < -0.3 is 9.88 Å². The number of fused-ring (bicyclic) bond motifs is 2. The summed E-state index contributed by atoms with van der Waals surface area (Å²) in [6.45, 7) is 11.7. The van der Waals surface area contributed by atoms with Gasteiger partial charge in [0.1, 0.15) is 6.54 Å². The molecule has 0 atom stereocenters. The van der Waals surface area contributed by atoms with Crippen LogP contribution in [0.15, 0.2) is 73.8 Å². The number of sulfonamides is 1. The SMILES string of the molecule is C=CCCNC(=O)Cn1c(-c2ccc3nc(-c4sc(C)nc4C)ccc3c2)c(C2CCCCC2)c2ccc(C(=O)NS(=O)(=O)CC=C)cc21. The van der Waals surface area contributed by atoms with Gasteiger partial charge in [-0.15, -0.1) is 24.5 Å². The zero-order valence-electron chi connectivity index (χ0n) is 27.9. The number of aromatic nitrogens is 3. The topological polar surface area (TPSA) is 123 Å². The van der Waals surface area contributed by atoms with E-state index in [1.807, 2.05) is 36.6 Å². The van der Waals surface area contributed by atoms with Crippen LogP contribution in [0.4, 0.5) is 0 Å². The summed E-state index contributed by atoms with van der Waals surface area (Å²) in [7, 11) is -3.89. The van der Waals surface area contributed by atoms with Crippen molar-refractivity contribution in [2.45, 2.75) is 64.8 Å². The molecule has 0 aliphatic heterocycles. The molecule has 1 aliphatic rings. The van der Waals surface area contributed by atoms with Crippen LogP contribution < -0.4 is 10.0 Å². The highest BCUT2D eigenvalue weighted by atomic mass is 32.2. The maximum atomic E-state index is 13.4. The van der Waals surface area contributed by atoms with E-state index in [9.17, 15) is 18.0 Å². The number of nitrogens with zero attached hydrogens (tertiary/aromatic N) is 3. The monoisotopic (exact) mass is 695 g/mol. The fourth-order valence-corrected chi connectivity index (χ4v) is 8.56. The molecule has 6 rings (SSSR count). The van der Waals surface area contributed by atoms with Crippen molar-refractivity contribution in [3.05, 3.63) is 95.7 Å². The number of rotatable bonds is 12. The number of amides is 2. The summed E-state index contributed by atoms with van der Waals surface area (Å²) < 4.78 is 29.0. The van der Waals surface area contributed by atoms with Crippen LogP contribution in [0.25, 0.3) is 43.6 Å². The van der Waals surface area contributed by atoms with Crippen molar-refractivity contribution in [2.75, 3.05) is 12.3 Å². The van der Waals surface area contributed by atoms with E-state index in [1.165, 1.54) is 12.5 Å². The Labute approximate surface area is 291 Å². The summed E-state index contributed by atoms with van der Waals surface area (Å²) in [5.41, 5.74) is 6.63. The molecule has 0 saturated heterocycles. The number of thiazole rings is 1. The lowest BCUT2D eigenvalue weighted by atomic mass is 9.81. The molecule has 5 aromatic rings. The van der Waals surface area contributed by atoms with E-state index < -0.39 is 15.9 Å². The van der Waals surface area contributed by atoms with Crippen molar-refractivity contribution in [3.63, 3.8) is 0 Å². The van der Waals surface area contributed by atoms with Gasteiger partial charge >= 0.3 is 0 Å². The summed E-state index contributed by atoms with van der Waals surface area (Å²) in [4.78, 5) is 37.3. The van der Waals surface area contributed by atoms with Crippen LogP contribution in [0.3, 0.4) is 0 Å². The Morgan fingerprint density at radius 3 is 2.51 bits per heavy atom. The van der Waals surface area contributed by atoms with E-state index in [0.717, 1.165) is 80.1 Å². The Kier molecular flexibility index (Phi) is 10.1. The maximum absolute atomic E-state index is 13.4. The summed E-state index contributed by atoms with van der Waals surface area (Å²) in [5.74, 6) is -1.01. The van der Waals surface area contributed by atoms with Crippen LogP contribution in [-0.4, -0.2) is 47.1 Å². The van der Waals surface area contributed by atoms with Crippen molar-refractivity contribution < 1.29 is 18.0 Å². The summed E-state index contributed by atoms with van der Waals surface area (Å²) >= 11 is 1.63. The molecular weight excluding hydrogens is 655 g/mol. The molecule has 2 aromatic carbocycles. The van der Waals surface area contributed by atoms with Crippen LogP contribution in [0.2, 0.25) is 0 Å². The van der Waals surface area contributed by atoms with Gasteiger partial charge in [0.05, 0.1) is 43.8 Å². The van der Waals surface area contributed by atoms with E-state index in [0.29, 0.717) is 18.5 Å². The van der Waals surface area contributed by atoms with Crippen molar-refractivity contribution in [2.24, 2.45) is 0 Å². The van der Waals surface area contributed by atoms with E-state index in [2.05, 4.69) is 46.4 Å². The molecule has 49 heavy (non-hydrogen) atoms. The van der Waals surface area contributed by atoms with E-state index in [1.54, 1.807) is 29.5 Å². The van der Waals surface area contributed by atoms with Gasteiger partial charge in [0, 0.05) is 22.9 Å². The minimum Gasteiger partial charge on any atom is -0.354 e. The van der Waals surface area contributed by atoms with Gasteiger partial charge in [-0.3, -0.25) is 9.59 Å². The first-order chi connectivity index (χ1) is 23.6. The van der Waals surface area contributed by atoms with Gasteiger partial charge in [-0.2, -0.15) is 0 Å². The highest BCUT2D eigenvalue weighted by molar-refractivity contribution is 7.90. The minimum absolute atomic E-state index is 0.0226. The third kappa shape index (κ3) is 7.38. The number of benzene rings is 2. The molecule has 3 aromatic heterocycles. The zero-order chi connectivity index (χ0) is 34.7. The van der Waals surface area contributed by atoms with E-state index in [4.69, 9.17) is 4.98 Å². The predicted molar refractivity (Wildman–Crippen MR) is 198 cm³/mol. The third-order valence-corrected chi connectivity index (χ3v) is 11.3. The molecule has 2 amide bonds. The molecule has 1 saturated carbocycles. The number of hydrogen-bond acceptors (Lipinski definition) is 7. The standard InChI is InChI=1S/C38H41N5O4S2/c1-5-7-19-39-34(44)23-43-33-22-29(38(45)42-49(46,47)20-6-2)13-16-30(33)35(26-11-9-8-10-12-26)36(43)28-15-17-31-27(21-28)14-18-32(41-31)37-24(3)40-25(4)48-37/h5-6,13-18,21-22,26H,1-2,7-12,19-20,23H2,3-4H3,(H,39,44)(H,42,45). The van der Waals surface area contributed by atoms with Crippen LogP contribution >= 0.6 is 11.3 Å². The Morgan fingerprint density at radius 2 is 1.80 bits per heavy atom. The maximum Gasteiger partial charge on any atom is 0.264 e. The lowest BCUT2D eigenvalue weighted by Crippen LogP contribution is -2.32. The van der Waals surface area contributed by atoms with Crippen molar-refractivity contribution in [1.82, 2.24) is 24.6 Å². The van der Waals surface area contributed by atoms with Crippen molar-refractivity contribution >= 4 is 55.0 Å². The van der Waals surface area contributed by atoms with Gasteiger partial charge in [0.25, 0.3) is 5.91 Å². The minimum atomic E-state index is -3.89. The number of carbonyl (C=O) groups excluding carboxylic acids is 2. The molecule has 3 heterocycles. The summed E-state index contributed by atoms with van der Waals surface area (Å²) in [5, 5.41) is 5.91. The van der Waals surface area contributed by atoms with E-state index >= 15 is 0 Å². The second-order valence-corrected chi connectivity index (χ2v) is 15.6. The van der Waals surface area contributed by atoms with Crippen LogP contribution in [0.1, 0.15) is 71.1 Å². The second kappa shape index (κ2) is 14.5. The molecule has 9 nitrogen and oxygen atoms in total. The van der Waals surface area contributed by atoms with Crippen molar-refractivity contribution in [3.8, 4) is 21.8 Å². The Bertz CT molecular complexity index is 2190. The lowest BCUT2D eigenvalue weighted by molar-refractivity contribution is -0.121. The van der Waals surface area contributed by atoms with Gasteiger partial charge in [-0.25, -0.2) is 23.1 Å². The number of hydrogen-bond donors (Lipinski definition) is 2. The number of pyridine rings is 1. The normalized spacial score (nSPS) is 13.8. The van der Waals surface area contributed by atoms with E-state index in [-0.39, 0.29) is 29.7 Å². The summed E-state index contributed by atoms with van der Waals surface area (Å²) in [6, 6.07) is 15.6. The summed E-state index contributed by atoms with van der Waals surface area (Å²) in [6.07, 6.45) is 9.08. The van der Waals surface area contributed by atoms with Gasteiger partial charge in [0.2, 0.25) is 15.9 Å². The first kappa shape index (κ1) is 34.3. The lowest BCUT2D eigenvalue weighted by Gasteiger charge is -2.24. The third-order valence-electron chi connectivity index (χ3n) is 9.04. The Hall–Kier alpha value is -4.61. The number of aryl methyl sites for hydroxylation is 2. The number of carbonyl (C=O) groups is 2. The largest absolute Gasteiger partial charge is 0.354 e. The first-order valence-corrected chi connectivity index (χ1v) is 19.1. The fourth-order valence-electron chi connectivity index (χ4n) is 6.88.